The van der Waals surface area contributed by atoms with Crippen LogP contribution in [0.4, 0.5) is 0 Å². The van der Waals surface area contributed by atoms with Crippen molar-refractivity contribution in [2.24, 2.45) is 0 Å². The Hall–Kier alpha value is -2.15. The summed E-state index contributed by atoms with van der Waals surface area (Å²) in [6.45, 7) is 11.1. The standard InChI is InChI=1S/C17H23N3O4/c1-6-20(7-2)15-11-8-12-13(19-24-18-12)9-14(11)23-17(4,5)16(15)22-10(3)21/h8-9,15-16H,6-7H2,1-5H3. The molecule has 0 saturated heterocycles. The molecule has 2 atom stereocenters. The van der Waals surface area contributed by atoms with Gasteiger partial charge < -0.3 is 9.47 Å². The van der Waals surface area contributed by atoms with Gasteiger partial charge in [-0.3, -0.25) is 9.69 Å². The van der Waals surface area contributed by atoms with Crippen LogP contribution < -0.4 is 4.74 Å². The summed E-state index contributed by atoms with van der Waals surface area (Å²) in [5.41, 5.74) is 1.58. The first-order chi connectivity index (χ1) is 11.4. The van der Waals surface area contributed by atoms with Gasteiger partial charge in [0.05, 0.1) is 6.04 Å². The van der Waals surface area contributed by atoms with Crippen molar-refractivity contribution in [1.29, 1.82) is 0 Å². The van der Waals surface area contributed by atoms with E-state index < -0.39 is 11.7 Å². The number of likely N-dealkylation sites (N-methyl/N-ethyl adjacent to an activating group) is 1. The zero-order chi connectivity index (χ0) is 17.5. The molecule has 1 aliphatic heterocycles. The normalized spacial score (nSPS) is 22.2. The number of benzene rings is 1. The maximum Gasteiger partial charge on any atom is 0.303 e. The number of fused-ring (bicyclic) bond motifs is 2. The second-order valence-electron chi connectivity index (χ2n) is 6.54. The number of carbonyl (C=O) groups excluding carboxylic acids is 1. The zero-order valence-corrected chi connectivity index (χ0v) is 14.7. The number of rotatable bonds is 4. The lowest BCUT2D eigenvalue weighted by molar-refractivity contribution is -0.169. The molecule has 2 aromatic rings. The van der Waals surface area contributed by atoms with Crippen molar-refractivity contribution in [3.63, 3.8) is 0 Å². The average molecular weight is 333 g/mol. The minimum atomic E-state index is -0.670. The van der Waals surface area contributed by atoms with Gasteiger partial charge in [-0.25, -0.2) is 4.63 Å². The van der Waals surface area contributed by atoms with E-state index in [0.29, 0.717) is 11.0 Å². The first-order valence-corrected chi connectivity index (χ1v) is 8.23. The monoisotopic (exact) mass is 333 g/mol. The molecule has 130 valence electrons. The lowest BCUT2D eigenvalue weighted by Gasteiger charge is -2.47. The van der Waals surface area contributed by atoms with E-state index in [1.165, 1.54) is 6.92 Å². The van der Waals surface area contributed by atoms with Crippen LogP contribution in [0.5, 0.6) is 5.75 Å². The van der Waals surface area contributed by atoms with Crippen LogP contribution in [-0.4, -0.2) is 46.0 Å². The third kappa shape index (κ3) is 2.73. The van der Waals surface area contributed by atoms with Gasteiger partial charge >= 0.3 is 5.97 Å². The molecule has 1 aromatic carbocycles. The third-order valence-electron chi connectivity index (χ3n) is 4.55. The molecule has 1 aromatic heterocycles. The second kappa shape index (κ2) is 6.05. The van der Waals surface area contributed by atoms with Crippen LogP contribution in [0.25, 0.3) is 11.0 Å². The highest BCUT2D eigenvalue weighted by Gasteiger charge is 2.48. The summed E-state index contributed by atoms with van der Waals surface area (Å²) < 4.78 is 16.7. The van der Waals surface area contributed by atoms with Gasteiger partial charge in [0.15, 0.2) is 6.10 Å². The van der Waals surface area contributed by atoms with E-state index in [2.05, 4.69) is 29.1 Å². The van der Waals surface area contributed by atoms with Gasteiger partial charge in [0.1, 0.15) is 22.4 Å². The zero-order valence-electron chi connectivity index (χ0n) is 14.7. The number of hydrogen-bond acceptors (Lipinski definition) is 7. The molecule has 1 aliphatic rings. The summed E-state index contributed by atoms with van der Waals surface area (Å²) in [5, 5.41) is 7.81. The molecule has 0 radical (unpaired) electrons. The molecule has 7 nitrogen and oxygen atoms in total. The number of hydrogen-bond donors (Lipinski definition) is 0. The van der Waals surface area contributed by atoms with Crippen LogP contribution in [0.3, 0.4) is 0 Å². The summed E-state index contributed by atoms with van der Waals surface area (Å²) in [7, 11) is 0. The largest absolute Gasteiger partial charge is 0.483 e. The maximum absolute atomic E-state index is 11.7. The Bertz CT molecular complexity index is 751. The lowest BCUT2D eigenvalue weighted by atomic mass is 9.85. The number of carbonyl (C=O) groups is 1. The molecule has 24 heavy (non-hydrogen) atoms. The topological polar surface area (TPSA) is 77.7 Å². The smallest absolute Gasteiger partial charge is 0.303 e. The molecule has 0 spiro atoms. The minimum Gasteiger partial charge on any atom is -0.483 e. The number of ether oxygens (including phenoxy) is 2. The Labute approximate surface area is 140 Å². The lowest BCUT2D eigenvalue weighted by Crippen LogP contribution is -2.55. The van der Waals surface area contributed by atoms with Crippen molar-refractivity contribution >= 4 is 17.0 Å². The molecular formula is C17H23N3O4. The summed E-state index contributed by atoms with van der Waals surface area (Å²) in [5.74, 6) is 0.407. The molecule has 0 N–H and O–H groups in total. The van der Waals surface area contributed by atoms with Gasteiger partial charge in [-0.15, -0.1) is 0 Å². The van der Waals surface area contributed by atoms with Crippen LogP contribution >= 0.6 is 0 Å². The van der Waals surface area contributed by atoms with Crippen LogP contribution in [0.2, 0.25) is 0 Å². The molecule has 0 amide bonds. The molecule has 0 saturated carbocycles. The summed E-state index contributed by atoms with van der Waals surface area (Å²) in [6.07, 6.45) is -0.431. The maximum atomic E-state index is 11.7. The van der Waals surface area contributed by atoms with Gasteiger partial charge in [-0.1, -0.05) is 13.8 Å². The fourth-order valence-corrected chi connectivity index (χ4v) is 3.42. The van der Waals surface area contributed by atoms with Crippen molar-refractivity contribution in [3.8, 4) is 5.75 Å². The van der Waals surface area contributed by atoms with E-state index in [-0.39, 0.29) is 12.0 Å². The van der Waals surface area contributed by atoms with Crippen molar-refractivity contribution in [3.05, 3.63) is 17.7 Å². The first-order valence-electron chi connectivity index (χ1n) is 8.23. The van der Waals surface area contributed by atoms with Gasteiger partial charge in [-0.05, 0) is 43.3 Å². The fourth-order valence-electron chi connectivity index (χ4n) is 3.42. The van der Waals surface area contributed by atoms with Crippen LogP contribution in [0.1, 0.15) is 46.2 Å². The van der Waals surface area contributed by atoms with Gasteiger partial charge in [0.25, 0.3) is 0 Å². The number of aromatic nitrogens is 2. The van der Waals surface area contributed by atoms with E-state index in [4.69, 9.17) is 14.1 Å². The van der Waals surface area contributed by atoms with Crippen LogP contribution in [-0.2, 0) is 9.53 Å². The quantitative estimate of drug-likeness (QED) is 0.796. The Morgan fingerprint density at radius 1 is 1.25 bits per heavy atom. The van der Waals surface area contributed by atoms with Crippen LogP contribution in [0.15, 0.2) is 16.8 Å². The van der Waals surface area contributed by atoms with Crippen molar-refractivity contribution in [2.75, 3.05) is 13.1 Å². The molecule has 3 rings (SSSR count). The van der Waals surface area contributed by atoms with Crippen molar-refractivity contribution in [1.82, 2.24) is 15.2 Å². The first kappa shape index (κ1) is 16.7. The van der Waals surface area contributed by atoms with E-state index in [0.717, 1.165) is 24.4 Å². The molecular weight excluding hydrogens is 310 g/mol. The average Bonchev–Trinajstić information content (AvgIpc) is 2.95. The Balaban J connectivity index is 2.18. The summed E-state index contributed by atoms with van der Waals surface area (Å²) >= 11 is 0. The summed E-state index contributed by atoms with van der Waals surface area (Å²) in [4.78, 5) is 14.0. The van der Waals surface area contributed by atoms with E-state index in [1.54, 1.807) is 0 Å². The van der Waals surface area contributed by atoms with Crippen molar-refractivity contribution in [2.45, 2.75) is 52.4 Å². The molecule has 7 heteroatoms. The highest BCUT2D eigenvalue weighted by molar-refractivity contribution is 5.77. The van der Waals surface area contributed by atoms with Crippen LogP contribution in [0, 0.1) is 0 Å². The summed E-state index contributed by atoms with van der Waals surface area (Å²) in [6, 6.07) is 3.63. The SMILES string of the molecule is CCN(CC)C1c2cc3nonc3cc2OC(C)(C)C1OC(C)=O. The molecule has 0 aliphatic carbocycles. The Kier molecular flexibility index (Phi) is 4.21. The van der Waals surface area contributed by atoms with Gasteiger partial charge in [0, 0.05) is 18.6 Å². The number of nitrogens with zero attached hydrogens (tertiary/aromatic N) is 3. The van der Waals surface area contributed by atoms with Crippen molar-refractivity contribution < 1.29 is 18.9 Å². The highest BCUT2D eigenvalue weighted by atomic mass is 16.6. The second-order valence-corrected chi connectivity index (χ2v) is 6.54. The Morgan fingerprint density at radius 3 is 2.46 bits per heavy atom. The van der Waals surface area contributed by atoms with E-state index in [9.17, 15) is 4.79 Å². The van der Waals surface area contributed by atoms with Gasteiger partial charge in [-0.2, -0.15) is 0 Å². The molecule has 2 heterocycles. The minimum absolute atomic E-state index is 0.122. The predicted octanol–water partition coefficient (Wildman–Crippen LogP) is 2.71. The number of esters is 1. The predicted molar refractivity (Wildman–Crippen MR) is 87.7 cm³/mol. The molecule has 0 bridgehead atoms. The molecule has 2 unspecified atom stereocenters. The molecule has 0 fully saturated rings. The highest BCUT2D eigenvalue weighted by Crippen LogP contribution is 2.45. The third-order valence-corrected chi connectivity index (χ3v) is 4.55. The van der Waals surface area contributed by atoms with E-state index in [1.807, 2.05) is 26.0 Å². The Morgan fingerprint density at radius 2 is 1.88 bits per heavy atom. The van der Waals surface area contributed by atoms with Gasteiger partial charge in [0.2, 0.25) is 0 Å². The van der Waals surface area contributed by atoms with E-state index >= 15 is 0 Å². The fraction of sp³-hybridized carbons (Fsp3) is 0.588.